The van der Waals surface area contributed by atoms with Crippen LogP contribution in [0.2, 0.25) is 0 Å². The molecular weight excluding hydrogens is 494 g/mol. The molecule has 12 heteroatoms. The molecule has 2 aromatic heterocycles. The minimum Gasteiger partial charge on any atom is -0.480 e. The van der Waals surface area contributed by atoms with Crippen molar-refractivity contribution in [1.82, 2.24) is 19.4 Å². The van der Waals surface area contributed by atoms with Gasteiger partial charge in [-0.25, -0.2) is 0 Å². The van der Waals surface area contributed by atoms with Crippen molar-refractivity contribution in [3.05, 3.63) is 108 Å². The molecule has 0 spiro atoms. The number of aromatic amines is 1. The van der Waals surface area contributed by atoms with Crippen LogP contribution >= 0.6 is 0 Å². The second-order valence-electron chi connectivity index (χ2n) is 9.13. The number of hydrogen-bond donors (Lipinski definition) is 3. The summed E-state index contributed by atoms with van der Waals surface area (Å²) >= 11 is 0. The number of hydrogen-bond acceptors (Lipinski definition) is 6. The van der Waals surface area contributed by atoms with E-state index in [-0.39, 0.29) is 18.1 Å². The van der Waals surface area contributed by atoms with Crippen molar-refractivity contribution in [3.63, 3.8) is 0 Å². The molecule has 0 atom stereocenters. The van der Waals surface area contributed by atoms with E-state index in [9.17, 15) is 34.4 Å². The fourth-order valence-corrected chi connectivity index (χ4v) is 4.87. The lowest BCUT2D eigenvalue weighted by Crippen LogP contribution is -2.41. The van der Waals surface area contributed by atoms with Crippen molar-refractivity contribution >= 4 is 28.8 Å². The molecule has 1 aromatic carbocycles. The summed E-state index contributed by atoms with van der Waals surface area (Å²) in [5.74, 6) is -1.53. The van der Waals surface area contributed by atoms with Gasteiger partial charge in [0.05, 0.1) is 16.2 Å². The molecule has 194 valence electrons. The summed E-state index contributed by atoms with van der Waals surface area (Å²) in [5, 5.41) is 22.9. The molecular formula is C26H23N5O7. The largest absolute Gasteiger partial charge is 0.480 e. The number of nitrogens with zero attached hydrogens (tertiary/aromatic N) is 3. The molecule has 0 bridgehead atoms. The number of aromatic nitrogens is 3. The zero-order valence-corrected chi connectivity index (χ0v) is 20.1. The summed E-state index contributed by atoms with van der Waals surface area (Å²) in [6.45, 7) is -0.412. The highest BCUT2D eigenvalue weighted by molar-refractivity contribution is 5.94. The maximum Gasteiger partial charge on any atom is 0.323 e. The Bertz CT molecular complexity index is 1650. The highest BCUT2D eigenvalue weighted by Gasteiger charge is 2.27. The standard InChI is InChI=1S/C26H23N5O7/c32-22(33)14-30-23-20-11-19(7-3-16(20)4-8-21(23)28-25(35)26(30)36)29-10-9-17(13-29)24(34)27-12-15-1-5-18(6-2-15)31(37)38/h1-2,5-6,9-11,13H,3-4,7-8,12,14H2,(H,27,34)(H,28,35)(H,32,33). The van der Waals surface area contributed by atoms with Gasteiger partial charge in [-0.3, -0.25) is 33.9 Å². The number of nitro benzene ring substituents is 1. The third-order valence-electron chi connectivity index (χ3n) is 6.75. The van der Waals surface area contributed by atoms with Crippen LogP contribution < -0.4 is 16.4 Å². The molecule has 0 saturated heterocycles. The first-order valence-electron chi connectivity index (χ1n) is 11.9. The summed E-state index contributed by atoms with van der Waals surface area (Å²) in [6, 6.07) is 7.60. The summed E-state index contributed by atoms with van der Waals surface area (Å²) in [7, 11) is 0. The summed E-state index contributed by atoms with van der Waals surface area (Å²) < 4.78 is 2.83. The number of carboxylic acids is 1. The lowest BCUT2D eigenvalue weighted by molar-refractivity contribution is -0.384. The van der Waals surface area contributed by atoms with Gasteiger partial charge in [-0.15, -0.1) is 0 Å². The molecule has 0 fully saturated rings. The lowest BCUT2D eigenvalue weighted by Gasteiger charge is -2.28. The van der Waals surface area contributed by atoms with Crippen molar-refractivity contribution in [1.29, 1.82) is 0 Å². The number of aryl methyl sites for hydroxylation is 1. The molecule has 0 saturated carbocycles. The number of aliphatic carboxylic acids is 1. The average molecular weight is 517 g/mol. The molecule has 2 aliphatic carbocycles. The lowest BCUT2D eigenvalue weighted by atomic mass is 9.84. The van der Waals surface area contributed by atoms with Crippen molar-refractivity contribution in [2.75, 3.05) is 0 Å². The summed E-state index contributed by atoms with van der Waals surface area (Å²) in [5.41, 5.74) is 2.98. The number of benzene rings is 1. The van der Waals surface area contributed by atoms with E-state index < -0.39 is 28.6 Å². The second kappa shape index (κ2) is 9.81. The SMILES string of the molecule is O=C(O)Cn1c2c([nH]c(=O)c1=O)CCC1=C2C=C(n2ccc(C(=O)NCc3ccc([N+](=O)[O-])cc3)c2)CC1. The summed E-state index contributed by atoms with van der Waals surface area (Å²) in [6.07, 6.45) is 7.89. The molecule has 5 rings (SSSR count). The predicted molar refractivity (Wildman–Crippen MR) is 136 cm³/mol. The molecule has 2 heterocycles. The number of carbonyl (C=O) groups excluding carboxylic acids is 1. The molecule has 12 nitrogen and oxygen atoms in total. The quantitative estimate of drug-likeness (QED) is 0.245. The Morgan fingerprint density at radius 2 is 1.82 bits per heavy atom. The molecule has 1 amide bonds. The average Bonchev–Trinajstić information content (AvgIpc) is 3.40. The Labute approximate surface area is 214 Å². The van der Waals surface area contributed by atoms with Crippen LogP contribution in [0, 0.1) is 10.1 Å². The number of nitrogens with one attached hydrogen (secondary N) is 2. The molecule has 3 N–H and O–H groups in total. The van der Waals surface area contributed by atoms with Gasteiger partial charge < -0.3 is 20.0 Å². The van der Waals surface area contributed by atoms with Gasteiger partial charge in [0.15, 0.2) is 0 Å². The van der Waals surface area contributed by atoms with Crippen LogP contribution in [0.1, 0.15) is 46.6 Å². The van der Waals surface area contributed by atoms with Gasteiger partial charge in [0.2, 0.25) is 0 Å². The number of non-ortho nitro benzene ring substituents is 1. The number of fused-ring (bicyclic) bond motifs is 2. The van der Waals surface area contributed by atoms with Gasteiger partial charge in [-0.1, -0.05) is 17.7 Å². The first-order chi connectivity index (χ1) is 18.2. The van der Waals surface area contributed by atoms with Crippen LogP contribution in [0.4, 0.5) is 5.69 Å². The normalized spacial score (nSPS) is 14.4. The van der Waals surface area contributed by atoms with Crippen LogP contribution in [0.25, 0.3) is 11.3 Å². The van der Waals surface area contributed by atoms with E-state index >= 15 is 0 Å². The van der Waals surface area contributed by atoms with Crippen LogP contribution in [-0.2, 0) is 24.3 Å². The first kappa shape index (κ1) is 24.7. The van der Waals surface area contributed by atoms with E-state index in [1.54, 1.807) is 30.6 Å². The van der Waals surface area contributed by atoms with Gasteiger partial charge in [0.1, 0.15) is 6.54 Å². The van der Waals surface area contributed by atoms with Crippen molar-refractivity contribution in [3.8, 4) is 0 Å². The number of allylic oxidation sites excluding steroid dienone is 4. The van der Waals surface area contributed by atoms with Gasteiger partial charge in [0.25, 0.3) is 11.6 Å². The van der Waals surface area contributed by atoms with Crippen LogP contribution in [-0.4, -0.2) is 36.0 Å². The maximum absolute atomic E-state index is 12.7. The van der Waals surface area contributed by atoms with Gasteiger partial charge in [0, 0.05) is 48.0 Å². The highest BCUT2D eigenvalue weighted by Crippen LogP contribution is 2.39. The molecule has 0 aliphatic heterocycles. The van der Waals surface area contributed by atoms with E-state index in [0.717, 1.165) is 27.0 Å². The smallest absolute Gasteiger partial charge is 0.323 e. The van der Waals surface area contributed by atoms with E-state index in [1.807, 2.05) is 10.6 Å². The van der Waals surface area contributed by atoms with Crippen molar-refractivity contribution in [2.24, 2.45) is 0 Å². The second-order valence-corrected chi connectivity index (χ2v) is 9.13. The Hall–Kier alpha value is -5.00. The molecule has 0 radical (unpaired) electrons. The zero-order valence-electron chi connectivity index (χ0n) is 20.1. The van der Waals surface area contributed by atoms with Crippen LogP contribution in [0.3, 0.4) is 0 Å². The topological polar surface area (TPSA) is 169 Å². The number of nitro groups is 1. The van der Waals surface area contributed by atoms with Crippen molar-refractivity contribution in [2.45, 2.75) is 38.8 Å². The number of amides is 1. The van der Waals surface area contributed by atoms with E-state index in [2.05, 4.69) is 10.3 Å². The van der Waals surface area contributed by atoms with E-state index in [4.69, 9.17) is 0 Å². The highest BCUT2D eigenvalue weighted by atomic mass is 16.6. The Morgan fingerprint density at radius 1 is 1.08 bits per heavy atom. The van der Waals surface area contributed by atoms with Crippen LogP contribution in [0.15, 0.2) is 64.0 Å². The van der Waals surface area contributed by atoms with E-state index in [1.165, 1.54) is 12.1 Å². The number of rotatable bonds is 7. The van der Waals surface area contributed by atoms with Gasteiger partial charge in [-0.2, -0.15) is 0 Å². The Balaban J connectivity index is 1.39. The predicted octanol–water partition coefficient (Wildman–Crippen LogP) is 2.30. The molecule has 2 aliphatic rings. The number of carbonyl (C=O) groups is 2. The Morgan fingerprint density at radius 3 is 2.53 bits per heavy atom. The van der Waals surface area contributed by atoms with E-state index in [0.29, 0.717) is 42.6 Å². The molecule has 0 unspecified atom stereocenters. The number of carboxylic acid groups (broad SMARTS) is 1. The fourth-order valence-electron chi connectivity index (χ4n) is 4.87. The molecule has 3 aromatic rings. The minimum absolute atomic E-state index is 0.0249. The van der Waals surface area contributed by atoms with Gasteiger partial charge >= 0.3 is 17.1 Å². The fraction of sp³-hybridized carbons (Fsp3) is 0.231. The molecule has 38 heavy (non-hydrogen) atoms. The minimum atomic E-state index is -1.22. The van der Waals surface area contributed by atoms with Crippen molar-refractivity contribution < 1.29 is 19.6 Å². The maximum atomic E-state index is 12.7. The Kier molecular flexibility index (Phi) is 6.37. The monoisotopic (exact) mass is 517 g/mol. The summed E-state index contributed by atoms with van der Waals surface area (Å²) in [4.78, 5) is 61.7. The number of H-pyrrole nitrogens is 1. The third-order valence-corrected chi connectivity index (χ3v) is 6.75. The first-order valence-corrected chi connectivity index (χ1v) is 11.9. The van der Waals surface area contributed by atoms with Gasteiger partial charge in [-0.05, 0) is 43.4 Å². The zero-order chi connectivity index (χ0) is 27.0. The van der Waals surface area contributed by atoms with Crippen LogP contribution in [0.5, 0.6) is 0 Å². The third kappa shape index (κ3) is 4.71.